The predicted molar refractivity (Wildman–Crippen MR) is 104 cm³/mol. The molecule has 1 atom stereocenters. The van der Waals surface area contributed by atoms with Crippen LogP contribution in [0.4, 0.5) is 0 Å². The Morgan fingerprint density at radius 3 is 2.70 bits per heavy atom. The summed E-state index contributed by atoms with van der Waals surface area (Å²) in [6, 6.07) is 18.3. The second-order valence-electron chi connectivity index (χ2n) is 6.06. The van der Waals surface area contributed by atoms with Crippen LogP contribution in [0.3, 0.4) is 0 Å². The highest BCUT2D eigenvalue weighted by atomic mass is 32.2. The highest BCUT2D eigenvalue weighted by Crippen LogP contribution is 2.18. The van der Waals surface area contributed by atoms with Gasteiger partial charge in [-0.3, -0.25) is 9.00 Å². The molecule has 2 aromatic carbocycles. The first kappa shape index (κ1) is 18.9. The number of methoxy groups -OCH3 is 1. The summed E-state index contributed by atoms with van der Waals surface area (Å²) in [7, 11) is 0.378. The zero-order valence-corrected chi connectivity index (χ0v) is 16.0. The lowest BCUT2D eigenvalue weighted by atomic mass is 10.2. The van der Waals surface area contributed by atoms with E-state index in [1.807, 2.05) is 55.5 Å². The molecule has 0 aliphatic carbocycles. The van der Waals surface area contributed by atoms with Gasteiger partial charge in [0.1, 0.15) is 11.5 Å². The lowest BCUT2D eigenvalue weighted by Gasteiger charge is -2.06. The minimum absolute atomic E-state index is 0.203. The Morgan fingerprint density at radius 2 is 1.93 bits per heavy atom. The van der Waals surface area contributed by atoms with Crippen LogP contribution in [0, 0.1) is 6.92 Å². The van der Waals surface area contributed by atoms with E-state index in [4.69, 9.17) is 9.15 Å². The first-order valence-corrected chi connectivity index (χ1v) is 9.82. The fourth-order valence-corrected chi connectivity index (χ4v) is 3.87. The molecule has 0 radical (unpaired) electrons. The average Bonchev–Trinajstić information content (AvgIpc) is 3.15. The van der Waals surface area contributed by atoms with Gasteiger partial charge in [-0.25, -0.2) is 0 Å². The van der Waals surface area contributed by atoms with Crippen molar-refractivity contribution in [1.29, 1.82) is 0 Å². The van der Waals surface area contributed by atoms with Crippen molar-refractivity contribution in [1.82, 2.24) is 5.32 Å². The molecular formula is C21H21NO4S. The lowest BCUT2D eigenvalue weighted by Crippen LogP contribution is -2.22. The van der Waals surface area contributed by atoms with Crippen LogP contribution in [0.2, 0.25) is 0 Å². The van der Waals surface area contributed by atoms with Gasteiger partial charge in [0, 0.05) is 11.4 Å². The van der Waals surface area contributed by atoms with Gasteiger partial charge in [0.05, 0.1) is 23.7 Å². The fraction of sp³-hybridized carbons (Fsp3) is 0.190. The van der Waals surface area contributed by atoms with Crippen molar-refractivity contribution in [3.63, 3.8) is 0 Å². The molecular weight excluding hydrogens is 362 g/mol. The number of rotatable bonds is 7. The quantitative estimate of drug-likeness (QED) is 0.673. The second-order valence-corrected chi connectivity index (χ2v) is 7.48. The van der Waals surface area contributed by atoms with Crippen LogP contribution in [-0.2, 0) is 23.1 Å². The van der Waals surface area contributed by atoms with Crippen LogP contribution in [-0.4, -0.2) is 17.2 Å². The molecule has 0 spiro atoms. The number of carbonyl (C=O) groups excluding carboxylic acids is 1. The number of benzene rings is 2. The number of nitrogens with one attached hydrogen (secondary N) is 1. The maximum absolute atomic E-state index is 12.5. The van der Waals surface area contributed by atoms with E-state index in [0.717, 1.165) is 21.8 Å². The molecule has 3 rings (SSSR count). The summed E-state index contributed by atoms with van der Waals surface area (Å²) in [5.74, 6) is 1.37. The van der Waals surface area contributed by atoms with E-state index < -0.39 is 10.8 Å². The van der Waals surface area contributed by atoms with Crippen LogP contribution in [0.15, 0.2) is 70.0 Å². The van der Waals surface area contributed by atoms with Crippen molar-refractivity contribution in [2.45, 2.75) is 24.1 Å². The minimum atomic E-state index is -1.22. The molecule has 0 aliphatic heterocycles. The summed E-state index contributed by atoms with van der Waals surface area (Å²) in [5, 5.41) is 2.81. The number of aryl methyl sites for hydroxylation is 1. The van der Waals surface area contributed by atoms with Crippen molar-refractivity contribution in [2.24, 2.45) is 0 Å². The summed E-state index contributed by atoms with van der Waals surface area (Å²) in [6.07, 6.45) is 0. The minimum Gasteiger partial charge on any atom is -0.497 e. The van der Waals surface area contributed by atoms with Crippen molar-refractivity contribution >= 4 is 16.7 Å². The van der Waals surface area contributed by atoms with Crippen LogP contribution >= 0.6 is 0 Å². The molecule has 1 heterocycles. The first-order chi connectivity index (χ1) is 13.1. The molecule has 1 N–H and O–H groups in total. The second kappa shape index (κ2) is 8.68. The van der Waals surface area contributed by atoms with Crippen molar-refractivity contribution in [2.75, 3.05) is 7.11 Å². The lowest BCUT2D eigenvalue weighted by molar-refractivity contribution is 0.0921. The van der Waals surface area contributed by atoms with Gasteiger partial charge in [0.2, 0.25) is 0 Å². The molecule has 1 amide bonds. The Bertz CT molecular complexity index is 964. The third-order valence-electron chi connectivity index (χ3n) is 4.08. The predicted octanol–water partition coefficient (Wildman–Crippen LogP) is 3.83. The number of hydrogen-bond acceptors (Lipinski definition) is 4. The van der Waals surface area contributed by atoms with Gasteiger partial charge in [-0.05, 0) is 48.4 Å². The topological polar surface area (TPSA) is 68.5 Å². The maximum atomic E-state index is 12.5. The number of amides is 1. The average molecular weight is 383 g/mol. The summed E-state index contributed by atoms with van der Waals surface area (Å²) in [5.41, 5.74) is 1.90. The summed E-state index contributed by atoms with van der Waals surface area (Å²) in [6.45, 7) is 2.29. The van der Waals surface area contributed by atoms with Crippen LogP contribution in [0.1, 0.15) is 27.4 Å². The van der Waals surface area contributed by atoms with E-state index in [2.05, 4.69) is 5.32 Å². The summed E-state index contributed by atoms with van der Waals surface area (Å²) >= 11 is 0. The van der Waals surface area contributed by atoms with Crippen LogP contribution < -0.4 is 10.1 Å². The van der Waals surface area contributed by atoms with Gasteiger partial charge < -0.3 is 14.5 Å². The molecule has 1 aromatic heterocycles. The van der Waals surface area contributed by atoms with E-state index in [1.54, 1.807) is 19.2 Å². The van der Waals surface area contributed by atoms with Crippen molar-refractivity contribution in [3.05, 3.63) is 83.3 Å². The Morgan fingerprint density at radius 1 is 1.11 bits per heavy atom. The smallest absolute Gasteiger partial charge is 0.287 e. The van der Waals surface area contributed by atoms with Gasteiger partial charge in [-0.15, -0.1) is 0 Å². The zero-order valence-electron chi connectivity index (χ0n) is 15.2. The number of ether oxygens (including phenoxy) is 1. The molecule has 0 saturated heterocycles. The third kappa shape index (κ3) is 4.86. The normalized spacial score (nSPS) is 11.8. The SMILES string of the molecule is COc1cccc(CNC(=O)c2ccc(C[S@@](=O)c3ccccc3C)o2)c1. The van der Waals surface area contributed by atoms with E-state index in [9.17, 15) is 9.00 Å². The van der Waals surface area contributed by atoms with Gasteiger partial charge >= 0.3 is 0 Å². The highest BCUT2D eigenvalue weighted by molar-refractivity contribution is 7.84. The van der Waals surface area contributed by atoms with Crippen LogP contribution in [0.25, 0.3) is 0 Å². The Labute approximate surface area is 160 Å². The zero-order chi connectivity index (χ0) is 19.2. The monoisotopic (exact) mass is 383 g/mol. The number of furan rings is 1. The molecule has 0 aliphatic rings. The van der Waals surface area contributed by atoms with Crippen LogP contribution in [0.5, 0.6) is 5.75 Å². The summed E-state index contributed by atoms with van der Waals surface area (Å²) < 4.78 is 23.3. The van der Waals surface area contributed by atoms with E-state index >= 15 is 0 Å². The van der Waals surface area contributed by atoms with E-state index in [-0.39, 0.29) is 17.4 Å². The largest absolute Gasteiger partial charge is 0.497 e. The molecule has 0 saturated carbocycles. The van der Waals surface area contributed by atoms with Crippen molar-refractivity contribution < 1.29 is 18.2 Å². The fourth-order valence-electron chi connectivity index (χ4n) is 2.65. The Hall–Kier alpha value is -2.86. The Kier molecular flexibility index (Phi) is 6.08. The number of hydrogen-bond donors (Lipinski definition) is 1. The molecule has 0 fully saturated rings. The summed E-state index contributed by atoms with van der Waals surface area (Å²) in [4.78, 5) is 13.1. The van der Waals surface area contributed by atoms with Gasteiger partial charge in [0.25, 0.3) is 5.91 Å². The molecule has 0 unspecified atom stereocenters. The van der Waals surface area contributed by atoms with Gasteiger partial charge in [-0.2, -0.15) is 0 Å². The van der Waals surface area contributed by atoms with Gasteiger partial charge in [0.15, 0.2) is 5.76 Å². The van der Waals surface area contributed by atoms with Crippen molar-refractivity contribution in [3.8, 4) is 5.75 Å². The maximum Gasteiger partial charge on any atom is 0.287 e. The Balaban J connectivity index is 1.60. The van der Waals surface area contributed by atoms with Gasteiger partial charge in [-0.1, -0.05) is 30.3 Å². The molecule has 0 bridgehead atoms. The molecule has 5 nitrogen and oxygen atoms in total. The van der Waals surface area contributed by atoms with E-state index in [0.29, 0.717) is 12.3 Å². The third-order valence-corrected chi connectivity index (χ3v) is 5.58. The standard InChI is InChI=1S/C21H21NO4S/c1-15-6-3-4-9-20(15)27(24)14-18-10-11-19(26-18)21(23)22-13-16-7-5-8-17(12-16)25-2/h3-12H,13-14H2,1-2H3,(H,22,23)/t27-/m1/s1. The first-order valence-electron chi connectivity index (χ1n) is 8.50. The molecule has 3 aromatic rings. The molecule has 6 heteroatoms. The highest BCUT2D eigenvalue weighted by Gasteiger charge is 2.14. The molecule has 27 heavy (non-hydrogen) atoms. The number of carbonyl (C=O) groups is 1. The molecule has 140 valence electrons. The van der Waals surface area contributed by atoms with E-state index in [1.165, 1.54) is 0 Å².